The van der Waals surface area contributed by atoms with Crippen molar-refractivity contribution in [3.05, 3.63) is 69.6 Å². The van der Waals surface area contributed by atoms with Crippen LogP contribution >= 0.6 is 0 Å². The number of fused-ring (bicyclic) bond motifs is 1. The van der Waals surface area contributed by atoms with Gasteiger partial charge in [-0.25, -0.2) is 4.79 Å². The van der Waals surface area contributed by atoms with Crippen molar-refractivity contribution in [3.63, 3.8) is 0 Å². The molecule has 0 spiro atoms. The summed E-state index contributed by atoms with van der Waals surface area (Å²) in [4.78, 5) is 37.6. The van der Waals surface area contributed by atoms with Gasteiger partial charge < -0.3 is 19.4 Å². The zero-order valence-corrected chi connectivity index (χ0v) is 19.0. The first kappa shape index (κ1) is 23.1. The molecule has 7 nitrogen and oxygen atoms in total. The SMILES string of the molecule is CCOC(=O)[C@H](C)Oc1cccc2c(=O)n(CC(=O)Nc3c(C)cc(C)cc3C)ccc12. The van der Waals surface area contributed by atoms with Crippen LogP contribution < -0.4 is 15.6 Å². The molecule has 3 aromatic rings. The Bertz CT molecular complexity index is 1210. The van der Waals surface area contributed by atoms with Gasteiger partial charge in [-0.2, -0.15) is 0 Å². The van der Waals surface area contributed by atoms with Gasteiger partial charge in [0.15, 0.2) is 6.10 Å². The highest BCUT2D eigenvalue weighted by Gasteiger charge is 2.18. The molecule has 0 aliphatic heterocycles. The number of rotatable bonds is 7. The van der Waals surface area contributed by atoms with E-state index in [9.17, 15) is 14.4 Å². The lowest BCUT2D eigenvalue weighted by molar-refractivity contribution is -0.150. The Morgan fingerprint density at radius 1 is 1.06 bits per heavy atom. The van der Waals surface area contributed by atoms with Crippen LogP contribution in [-0.4, -0.2) is 29.2 Å². The van der Waals surface area contributed by atoms with Gasteiger partial charge in [0.05, 0.1) is 12.0 Å². The van der Waals surface area contributed by atoms with Crippen LogP contribution in [-0.2, 0) is 20.9 Å². The number of nitrogens with zero attached hydrogens (tertiary/aromatic N) is 1. The van der Waals surface area contributed by atoms with E-state index in [1.54, 1.807) is 44.3 Å². The van der Waals surface area contributed by atoms with Gasteiger partial charge >= 0.3 is 5.97 Å². The Balaban J connectivity index is 1.84. The molecule has 1 heterocycles. The van der Waals surface area contributed by atoms with Crippen LogP contribution in [0.3, 0.4) is 0 Å². The van der Waals surface area contributed by atoms with Gasteiger partial charge in [-0.05, 0) is 63.9 Å². The summed E-state index contributed by atoms with van der Waals surface area (Å²) in [6.45, 7) is 9.35. The van der Waals surface area contributed by atoms with E-state index < -0.39 is 12.1 Å². The Hall–Kier alpha value is -3.61. The molecule has 0 fully saturated rings. The molecule has 2 aromatic carbocycles. The van der Waals surface area contributed by atoms with Gasteiger partial charge in [-0.15, -0.1) is 0 Å². The number of amides is 1. The number of nitrogens with one attached hydrogen (secondary N) is 1. The van der Waals surface area contributed by atoms with Crippen molar-refractivity contribution < 1.29 is 19.1 Å². The van der Waals surface area contributed by atoms with Gasteiger partial charge in [0.25, 0.3) is 5.56 Å². The van der Waals surface area contributed by atoms with Crippen LogP contribution in [0.15, 0.2) is 47.4 Å². The third-order valence-electron chi connectivity index (χ3n) is 5.16. The van der Waals surface area contributed by atoms with E-state index in [1.165, 1.54) is 4.57 Å². The molecule has 0 bridgehead atoms. The minimum Gasteiger partial charge on any atom is -0.478 e. The Morgan fingerprint density at radius 3 is 2.41 bits per heavy atom. The van der Waals surface area contributed by atoms with E-state index in [2.05, 4.69) is 5.32 Å². The van der Waals surface area contributed by atoms with Crippen molar-refractivity contribution in [1.82, 2.24) is 4.57 Å². The van der Waals surface area contributed by atoms with Crippen LogP contribution in [0, 0.1) is 20.8 Å². The molecule has 1 aromatic heterocycles. The summed E-state index contributed by atoms with van der Waals surface area (Å²) in [7, 11) is 0. The average Bonchev–Trinajstić information content (AvgIpc) is 2.73. The minimum absolute atomic E-state index is 0.119. The Morgan fingerprint density at radius 2 is 1.75 bits per heavy atom. The Kier molecular flexibility index (Phi) is 6.98. The lowest BCUT2D eigenvalue weighted by Gasteiger charge is -2.16. The van der Waals surface area contributed by atoms with Gasteiger partial charge in [0, 0.05) is 17.3 Å². The lowest BCUT2D eigenvalue weighted by atomic mass is 10.1. The van der Waals surface area contributed by atoms with E-state index in [1.807, 2.05) is 32.9 Å². The summed E-state index contributed by atoms with van der Waals surface area (Å²) in [5.74, 6) is -0.358. The van der Waals surface area contributed by atoms with Gasteiger partial charge in [0.1, 0.15) is 12.3 Å². The molecule has 1 atom stereocenters. The van der Waals surface area contributed by atoms with E-state index in [-0.39, 0.29) is 24.6 Å². The maximum absolute atomic E-state index is 13.0. The van der Waals surface area contributed by atoms with Crippen molar-refractivity contribution in [2.24, 2.45) is 0 Å². The number of carbonyl (C=O) groups is 2. The highest BCUT2D eigenvalue weighted by molar-refractivity contribution is 5.93. The Labute approximate surface area is 187 Å². The molecule has 168 valence electrons. The number of esters is 1. The fourth-order valence-corrected chi connectivity index (χ4v) is 3.73. The predicted molar refractivity (Wildman–Crippen MR) is 124 cm³/mol. The van der Waals surface area contributed by atoms with E-state index in [0.717, 1.165) is 22.4 Å². The van der Waals surface area contributed by atoms with E-state index in [0.29, 0.717) is 16.5 Å². The molecule has 7 heteroatoms. The van der Waals surface area contributed by atoms with Gasteiger partial charge in [-0.1, -0.05) is 23.8 Å². The largest absolute Gasteiger partial charge is 0.478 e. The number of benzene rings is 2. The van der Waals surface area contributed by atoms with Crippen LogP contribution in [0.1, 0.15) is 30.5 Å². The van der Waals surface area contributed by atoms with Gasteiger partial charge in [-0.3, -0.25) is 9.59 Å². The van der Waals surface area contributed by atoms with Crippen LogP contribution in [0.2, 0.25) is 0 Å². The standard InChI is InChI=1S/C25H28N2O5/c1-6-31-25(30)18(5)32-21-9-7-8-20-19(21)10-11-27(24(20)29)14-22(28)26-23-16(3)12-15(2)13-17(23)4/h7-13,18H,6,14H2,1-5H3,(H,26,28)/t18-/m0/s1. The van der Waals surface area contributed by atoms with Gasteiger partial charge in [0.2, 0.25) is 5.91 Å². The van der Waals surface area contributed by atoms with Crippen LogP contribution in [0.25, 0.3) is 10.8 Å². The molecule has 1 amide bonds. The summed E-state index contributed by atoms with van der Waals surface area (Å²) in [5, 5.41) is 3.88. The summed E-state index contributed by atoms with van der Waals surface area (Å²) in [6, 6.07) is 10.8. The first-order valence-electron chi connectivity index (χ1n) is 10.5. The van der Waals surface area contributed by atoms with Crippen molar-refractivity contribution in [2.45, 2.75) is 47.3 Å². The predicted octanol–water partition coefficient (Wildman–Crippen LogP) is 3.90. The highest BCUT2D eigenvalue weighted by atomic mass is 16.6. The average molecular weight is 437 g/mol. The molecule has 0 radical (unpaired) electrons. The highest BCUT2D eigenvalue weighted by Crippen LogP contribution is 2.25. The number of aromatic nitrogens is 1. The van der Waals surface area contributed by atoms with Crippen molar-refractivity contribution >= 4 is 28.3 Å². The van der Waals surface area contributed by atoms with Crippen LogP contribution in [0.5, 0.6) is 5.75 Å². The fourth-order valence-electron chi connectivity index (χ4n) is 3.73. The van der Waals surface area contributed by atoms with Crippen molar-refractivity contribution in [3.8, 4) is 5.75 Å². The quantitative estimate of drug-likeness (QED) is 0.568. The molecule has 0 saturated heterocycles. The monoisotopic (exact) mass is 436 g/mol. The second-order valence-corrected chi connectivity index (χ2v) is 7.80. The number of aryl methyl sites for hydroxylation is 3. The summed E-state index contributed by atoms with van der Waals surface area (Å²) >= 11 is 0. The van der Waals surface area contributed by atoms with E-state index in [4.69, 9.17) is 9.47 Å². The van der Waals surface area contributed by atoms with Crippen LogP contribution in [0.4, 0.5) is 5.69 Å². The minimum atomic E-state index is -0.810. The molecular weight excluding hydrogens is 408 g/mol. The zero-order chi connectivity index (χ0) is 23.4. The molecule has 3 rings (SSSR count). The number of pyridine rings is 1. The summed E-state index contributed by atoms with van der Waals surface area (Å²) in [5.41, 5.74) is 3.51. The summed E-state index contributed by atoms with van der Waals surface area (Å²) < 4.78 is 12.1. The second kappa shape index (κ2) is 9.68. The number of ether oxygens (including phenoxy) is 2. The molecular formula is C25H28N2O5. The fraction of sp³-hybridized carbons (Fsp3) is 0.320. The third kappa shape index (κ3) is 4.99. The number of carbonyl (C=O) groups excluding carboxylic acids is 2. The third-order valence-corrected chi connectivity index (χ3v) is 5.16. The first-order chi connectivity index (χ1) is 15.2. The number of hydrogen-bond acceptors (Lipinski definition) is 5. The molecule has 0 saturated carbocycles. The summed E-state index contributed by atoms with van der Waals surface area (Å²) in [6.07, 6.45) is 0.746. The molecule has 0 unspecified atom stereocenters. The van der Waals surface area contributed by atoms with E-state index >= 15 is 0 Å². The molecule has 1 N–H and O–H groups in total. The normalized spacial score (nSPS) is 11.8. The molecule has 0 aliphatic rings. The number of anilines is 1. The second-order valence-electron chi connectivity index (χ2n) is 7.80. The maximum atomic E-state index is 13.0. The maximum Gasteiger partial charge on any atom is 0.347 e. The smallest absolute Gasteiger partial charge is 0.347 e. The lowest BCUT2D eigenvalue weighted by Crippen LogP contribution is -2.28. The molecule has 0 aliphatic carbocycles. The first-order valence-corrected chi connectivity index (χ1v) is 10.5. The van der Waals surface area contributed by atoms with Crippen molar-refractivity contribution in [2.75, 3.05) is 11.9 Å². The molecule has 32 heavy (non-hydrogen) atoms. The van der Waals surface area contributed by atoms with Crippen molar-refractivity contribution in [1.29, 1.82) is 0 Å². The zero-order valence-electron chi connectivity index (χ0n) is 19.0. The topological polar surface area (TPSA) is 86.6 Å². The number of hydrogen-bond donors (Lipinski definition) is 1.